The molecule has 0 saturated heterocycles. The Morgan fingerprint density at radius 3 is 2.65 bits per heavy atom. The molecule has 5 heteroatoms. The second-order valence-electron chi connectivity index (χ2n) is 7.37. The topological polar surface area (TPSA) is 57.5 Å². The van der Waals surface area contributed by atoms with Gasteiger partial charge in [-0.15, -0.1) is 0 Å². The Morgan fingerprint density at radius 1 is 1.30 bits per heavy atom. The van der Waals surface area contributed by atoms with Crippen molar-refractivity contribution in [2.45, 2.75) is 38.1 Å². The van der Waals surface area contributed by atoms with Crippen LogP contribution in [0.5, 0.6) is 0 Å². The zero-order valence-corrected chi connectivity index (χ0v) is 14.3. The lowest BCUT2D eigenvalue weighted by Gasteiger charge is -2.44. The van der Waals surface area contributed by atoms with Gasteiger partial charge in [0.05, 0.1) is 12.3 Å². The first-order valence-electron chi connectivity index (χ1n) is 8.85. The van der Waals surface area contributed by atoms with Gasteiger partial charge in [-0.2, -0.15) is 0 Å². The van der Waals surface area contributed by atoms with Crippen LogP contribution in [0.4, 0.5) is 4.79 Å². The number of hydrogen-bond acceptors (Lipinski definition) is 3. The van der Waals surface area contributed by atoms with Crippen molar-refractivity contribution in [1.82, 2.24) is 15.5 Å². The van der Waals surface area contributed by atoms with Gasteiger partial charge >= 0.3 is 6.03 Å². The lowest BCUT2D eigenvalue weighted by molar-refractivity contribution is 0.0748. The van der Waals surface area contributed by atoms with Gasteiger partial charge in [0.15, 0.2) is 0 Å². The number of urea groups is 1. The fourth-order valence-electron chi connectivity index (χ4n) is 3.76. The highest BCUT2D eigenvalue weighted by Crippen LogP contribution is 2.46. The van der Waals surface area contributed by atoms with Gasteiger partial charge in [0.2, 0.25) is 0 Å². The molecule has 2 aliphatic carbocycles. The van der Waals surface area contributed by atoms with Crippen molar-refractivity contribution >= 4 is 6.03 Å². The Labute approximate surface area is 138 Å². The van der Waals surface area contributed by atoms with Gasteiger partial charge in [-0.3, -0.25) is 4.90 Å². The first-order valence-corrected chi connectivity index (χ1v) is 8.85. The highest BCUT2D eigenvalue weighted by Gasteiger charge is 2.37. The summed E-state index contributed by atoms with van der Waals surface area (Å²) >= 11 is 0. The summed E-state index contributed by atoms with van der Waals surface area (Å²) in [4.78, 5) is 14.0. The SMILES string of the molecule is CN(C)C(CNC(=O)NCC1CC(C2CCC2)C1)c1ccco1. The van der Waals surface area contributed by atoms with E-state index in [0.29, 0.717) is 12.5 Å². The summed E-state index contributed by atoms with van der Waals surface area (Å²) in [6.45, 7) is 1.35. The van der Waals surface area contributed by atoms with Crippen LogP contribution in [0.15, 0.2) is 22.8 Å². The Morgan fingerprint density at radius 2 is 2.09 bits per heavy atom. The second kappa shape index (κ2) is 7.39. The maximum Gasteiger partial charge on any atom is 0.314 e. The fourth-order valence-corrected chi connectivity index (χ4v) is 3.76. The average molecular weight is 319 g/mol. The standard InChI is InChI=1S/C18H29N3O2/c1-21(2)16(17-7-4-8-23-17)12-20-18(22)19-11-13-9-15(10-13)14-5-3-6-14/h4,7-8,13-16H,3,5-6,9-12H2,1-2H3,(H2,19,20,22). The molecule has 0 spiro atoms. The molecular formula is C18H29N3O2. The fraction of sp³-hybridized carbons (Fsp3) is 0.722. The maximum atomic E-state index is 12.0. The van der Waals surface area contributed by atoms with Gasteiger partial charge in [-0.1, -0.05) is 19.3 Å². The molecule has 0 bridgehead atoms. The smallest absolute Gasteiger partial charge is 0.314 e. The number of amides is 2. The van der Waals surface area contributed by atoms with Crippen molar-refractivity contribution in [1.29, 1.82) is 0 Å². The predicted molar refractivity (Wildman–Crippen MR) is 90.1 cm³/mol. The van der Waals surface area contributed by atoms with E-state index in [1.165, 1.54) is 32.1 Å². The number of carbonyl (C=O) groups is 1. The molecule has 2 saturated carbocycles. The number of nitrogens with one attached hydrogen (secondary N) is 2. The van der Waals surface area contributed by atoms with Crippen LogP contribution in [0.1, 0.15) is 43.9 Å². The van der Waals surface area contributed by atoms with E-state index in [1.807, 2.05) is 31.1 Å². The van der Waals surface area contributed by atoms with Crippen molar-refractivity contribution in [2.75, 3.05) is 27.2 Å². The van der Waals surface area contributed by atoms with Gasteiger partial charge in [0.1, 0.15) is 5.76 Å². The molecule has 0 aliphatic heterocycles. The largest absolute Gasteiger partial charge is 0.468 e. The molecule has 23 heavy (non-hydrogen) atoms. The molecule has 2 amide bonds. The molecule has 1 atom stereocenters. The summed E-state index contributed by atoms with van der Waals surface area (Å²) in [6.07, 6.45) is 8.57. The first-order chi connectivity index (χ1) is 11.1. The number of hydrogen-bond donors (Lipinski definition) is 2. The summed E-state index contributed by atoms with van der Waals surface area (Å²) in [5, 5.41) is 5.98. The van der Waals surface area contributed by atoms with Gasteiger partial charge in [0, 0.05) is 13.1 Å². The van der Waals surface area contributed by atoms with Crippen LogP contribution in [0, 0.1) is 17.8 Å². The minimum Gasteiger partial charge on any atom is -0.468 e. The number of furan rings is 1. The van der Waals surface area contributed by atoms with Crippen LogP contribution in [0.25, 0.3) is 0 Å². The molecule has 2 aliphatic rings. The normalized spacial score (nSPS) is 25.5. The second-order valence-corrected chi connectivity index (χ2v) is 7.37. The van der Waals surface area contributed by atoms with E-state index in [0.717, 1.165) is 24.1 Å². The van der Waals surface area contributed by atoms with Crippen LogP contribution in [-0.4, -0.2) is 38.1 Å². The molecule has 0 aromatic carbocycles. The summed E-state index contributed by atoms with van der Waals surface area (Å²) < 4.78 is 5.45. The third-order valence-corrected chi connectivity index (χ3v) is 5.59. The van der Waals surface area contributed by atoms with Gasteiger partial charge < -0.3 is 15.1 Å². The van der Waals surface area contributed by atoms with E-state index in [4.69, 9.17) is 4.42 Å². The molecule has 5 nitrogen and oxygen atoms in total. The lowest BCUT2D eigenvalue weighted by atomic mass is 9.62. The van der Waals surface area contributed by atoms with Gasteiger partial charge in [-0.05, 0) is 56.8 Å². The predicted octanol–water partition coefficient (Wildman–Crippen LogP) is 3.01. The molecule has 0 radical (unpaired) electrons. The molecule has 2 N–H and O–H groups in total. The first kappa shape index (κ1) is 16.4. The summed E-state index contributed by atoms with van der Waals surface area (Å²) in [5.41, 5.74) is 0. The average Bonchev–Trinajstić information content (AvgIpc) is 2.92. The van der Waals surface area contributed by atoms with Gasteiger partial charge in [0.25, 0.3) is 0 Å². The maximum absolute atomic E-state index is 12.0. The quantitative estimate of drug-likeness (QED) is 0.812. The monoisotopic (exact) mass is 319 g/mol. The molecule has 3 rings (SSSR count). The van der Waals surface area contributed by atoms with Crippen LogP contribution in [0.2, 0.25) is 0 Å². The van der Waals surface area contributed by atoms with Crippen LogP contribution in [0.3, 0.4) is 0 Å². The summed E-state index contributed by atoms with van der Waals surface area (Å²) in [6, 6.07) is 3.80. The molecule has 1 heterocycles. The number of rotatable bonds is 7. The van der Waals surface area contributed by atoms with E-state index in [1.54, 1.807) is 6.26 Å². The molecule has 1 unspecified atom stereocenters. The third-order valence-electron chi connectivity index (χ3n) is 5.59. The van der Waals surface area contributed by atoms with E-state index < -0.39 is 0 Å². The van der Waals surface area contributed by atoms with Gasteiger partial charge in [-0.25, -0.2) is 4.79 Å². The molecular weight excluding hydrogens is 290 g/mol. The Hall–Kier alpha value is -1.49. The zero-order chi connectivity index (χ0) is 16.2. The Bertz CT molecular complexity index is 490. The number of likely N-dealkylation sites (N-methyl/N-ethyl adjacent to an activating group) is 1. The molecule has 1 aromatic heterocycles. The number of carbonyl (C=O) groups excluding carboxylic acids is 1. The summed E-state index contributed by atoms with van der Waals surface area (Å²) in [5.74, 6) is 3.49. The van der Waals surface area contributed by atoms with E-state index in [9.17, 15) is 4.79 Å². The Balaban J connectivity index is 1.33. The van der Waals surface area contributed by atoms with Crippen molar-refractivity contribution in [3.63, 3.8) is 0 Å². The molecule has 2 fully saturated rings. The van der Waals surface area contributed by atoms with Crippen molar-refractivity contribution in [3.8, 4) is 0 Å². The molecule has 128 valence electrons. The molecule has 1 aromatic rings. The van der Waals surface area contributed by atoms with E-state index >= 15 is 0 Å². The highest BCUT2D eigenvalue weighted by atomic mass is 16.3. The third kappa shape index (κ3) is 4.08. The van der Waals surface area contributed by atoms with Crippen LogP contribution in [-0.2, 0) is 0 Å². The van der Waals surface area contributed by atoms with Crippen molar-refractivity contribution < 1.29 is 9.21 Å². The number of nitrogens with zero attached hydrogens (tertiary/aromatic N) is 1. The Kier molecular flexibility index (Phi) is 5.26. The zero-order valence-electron chi connectivity index (χ0n) is 14.3. The van der Waals surface area contributed by atoms with E-state index in [2.05, 4.69) is 10.6 Å². The van der Waals surface area contributed by atoms with Crippen molar-refractivity contribution in [3.05, 3.63) is 24.2 Å². The minimum atomic E-state index is -0.0736. The lowest BCUT2D eigenvalue weighted by Crippen LogP contribution is -2.45. The van der Waals surface area contributed by atoms with E-state index in [-0.39, 0.29) is 12.1 Å². The van der Waals surface area contributed by atoms with Crippen LogP contribution >= 0.6 is 0 Å². The van der Waals surface area contributed by atoms with Crippen molar-refractivity contribution in [2.24, 2.45) is 17.8 Å². The highest BCUT2D eigenvalue weighted by molar-refractivity contribution is 5.73. The van der Waals surface area contributed by atoms with Crippen LogP contribution < -0.4 is 10.6 Å². The minimum absolute atomic E-state index is 0.0578. The summed E-state index contributed by atoms with van der Waals surface area (Å²) in [7, 11) is 3.98.